The van der Waals surface area contributed by atoms with Crippen LogP contribution < -0.4 is 0 Å². The zero-order valence-corrected chi connectivity index (χ0v) is 26.4. The highest BCUT2D eigenvalue weighted by atomic mass is 14.4. The second-order valence-corrected chi connectivity index (χ2v) is 14.1. The lowest BCUT2D eigenvalue weighted by molar-refractivity contribution is 0.661. The van der Waals surface area contributed by atoms with Crippen LogP contribution in [0.15, 0.2) is 146 Å². The zero-order valence-electron chi connectivity index (χ0n) is 26.4. The minimum Gasteiger partial charge on any atom is -0.0616 e. The van der Waals surface area contributed by atoms with Crippen LogP contribution in [-0.2, 0) is 5.41 Å². The molecular formula is C47H30. The van der Waals surface area contributed by atoms with E-state index in [-0.39, 0.29) is 5.41 Å². The molecule has 10 aromatic rings. The highest BCUT2D eigenvalue weighted by Crippen LogP contribution is 2.54. The van der Waals surface area contributed by atoms with Gasteiger partial charge in [-0.25, -0.2) is 0 Å². The van der Waals surface area contributed by atoms with Gasteiger partial charge in [-0.2, -0.15) is 0 Å². The topological polar surface area (TPSA) is 0 Å². The summed E-state index contributed by atoms with van der Waals surface area (Å²) in [6.45, 7) is 4.78. The molecule has 0 heterocycles. The van der Waals surface area contributed by atoms with E-state index in [2.05, 4.69) is 159 Å². The van der Waals surface area contributed by atoms with Crippen molar-refractivity contribution < 1.29 is 0 Å². The van der Waals surface area contributed by atoms with Crippen LogP contribution in [0.1, 0.15) is 25.0 Å². The van der Waals surface area contributed by atoms with Gasteiger partial charge in [-0.1, -0.05) is 135 Å². The van der Waals surface area contributed by atoms with Crippen molar-refractivity contribution in [2.45, 2.75) is 19.3 Å². The molecule has 1 aliphatic rings. The van der Waals surface area contributed by atoms with Gasteiger partial charge in [0.05, 0.1) is 0 Å². The average molecular weight is 595 g/mol. The molecular weight excluding hydrogens is 565 g/mol. The molecule has 0 radical (unpaired) electrons. The van der Waals surface area contributed by atoms with E-state index >= 15 is 0 Å². The minimum atomic E-state index is -0.0821. The first-order chi connectivity index (χ1) is 23.1. The van der Waals surface area contributed by atoms with Gasteiger partial charge in [-0.05, 0) is 133 Å². The molecule has 0 unspecified atom stereocenters. The smallest absolute Gasteiger partial charge is 0.0159 e. The first kappa shape index (κ1) is 25.5. The van der Waals surface area contributed by atoms with E-state index in [0.717, 1.165) is 0 Å². The maximum Gasteiger partial charge on any atom is 0.0159 e. The van der Waals surface area contributed by atoms with E-state index < -0.39 is 0 Å². The summed E-state index contributed by atoms with van der Waals surface area (Å²) >= 11 is 0. The Morgan fingerprint density at radius 3 is 1.49 bits per heavy atom. The first-order valence-electron chi connectivity index (χ1n) is 16.7. The first-order valence-corrected chi connectivity index (χ1v) is 16.7. The molecule has 0 fully saturated rings. The van der Waals surface area contributed by atoms with Crippen LogP contribution in [0.3, 0.4) is 0 Å². The lowest BCUT2D eigenvalue weighted by atomic mass is 9.81. The number of benzene rings is 9. The number of fused-ring (bicyclic) bond motifs is 6. The second-order valence-electron chi connectivity index (χ2n) is 14.1. The van der Waals surface area contributed by atoms with Crippen molar-refractivity contribution in [3.63, 3.8) is 0 Å². The van der Waals surface area contributed by atoms with E-state index in [0.29, 0.717) is 0 Å². The van der Waals surface area contributed by atoms with Gasteiger partial charge in [0, 0.05) is 5.41 Å². The van der Waals surface area contributed by atoms with Crippen molar-refractivity contribution in [1.82, 2.24) is 0 Å². The molecule has 0 heteroatoms. The van der Waals surface area contributed by atoms with Gasteiger partial charge in [0.25, 0.3) is 0 Å². The van der Waals surface area contributed by atoms with Crippen LogP contribution in [0.2, 0.25) is 0 Å². The quantitative estimate of drug-likeness (QED) is 0.166. The summed E-state index contributed by atoms with van der Waals surface area (Å²) in [6.07, 6.45) is 0. The van der Waals surface area contributed by atoms with Gasteiger partial charge in [-0.15, -0.1) is 0 Å². The van der Waals surface area contributed by atoms with Crippen molar-refractivity contribution in [3.8, 4) is 22.3 Å². The Kier molecular flexibility index (Phi) is 4.74. The Bertz CT molecular complexity index is 2970. The van der Waals surface area contributed by atoms with Gasteiger partial charge < -0.3 is 0 Å². The van der Waals surface area contributed by atoms with Crippen LogP contribution in [0.5, 0.6) is 0 Å². The minimum absolute atomic E-state index is 0.0821. The molecule has 0 bridgehead atoms. The molecule has 0 saturated heterocycles. The fourth-order valence-corrected chi connectivity index (χ4v) is 9.15. The van der Waals surface area contributed by atoms with Gasteiger partial charge in [-0.3, -0.25) is 0 Å². The van der Waals surface area contributed by atoms with E-state index in [1.807, 2.05) is 0 Å². The lowest BCUT2D eigenvalue weighted by Gasteiger charge is -2.22. The third-order valence-electron chi connectivity index (χ3n) is 11.3. The van der Waals surface area contributed by atoms with Crippen molar-refractivity contribution in [2.24, 2.45) is 0 Å². The lowest BCUT2D eigenvalue weighted by Crippen LogP contribution is -2.14. The zero-order chi connectivity index (χ0) is 31.0. The van der Waals surface area contributed by atoms with Gasteiger partial charge >= 0.3 is 0 Å². The third-order valence-corrected chi connectivity index (χ3v) is 11.3. The second kappa shape index (κ2) is 8.75. The molecule has 218 valence electrons. The summed E-state index contributed by atoms with van der Waals surface area (Å²) in [6, 6.07) is 55.3. The van der Waals surface area contributed by atoms with E-state index in [4.69, 9.17) is 0 Å². The number of rotatable bonds is 1. The molecule has 0 aliphatic heterocycles. The van der Waals surface area contributed by atoms with Crippen LogP contribution in [0.25, 0.3) is 97.7 Å². The highest BCUT2D eigenvalue weighted by Gasteiger charge is 2.37. The maximum atomic E-state index is 2.50. The molecule has 0 spiro atoms. The molecule has 0 atom stereocenters. The predicted molar refractivity (Wildman–Crippen MR) is 203 cm³/mol. The van der Waals surface area contributed by atoms with Gasteiger partial charge in [0.1, 0.15) is 0 Å². The monoisotopic (exact) mass is 594 g/mol. The maximum absolute atomic E-state index is 2.50. The summed E-state index contributed by atoms with van der Waals surface area (Å²) < 4.78 is 0. The van der Waals surface area contributed by atoms with Gasteiger partial charge in [0.15, 0.2) is 0 Å². The SMILES string of the molecule is CC1(C)c2cc3ccccc3cc2-c2c(-c3cc4ccc5cccc6c7cccc8ccc9cccc(c(c3)c4c56)c9c87)cccc21. The van der Waals surface area contributed by atoms with Gasteiger partial charge in [0.2, 0.25) is 0 Å². The molecule has 1 aliphatic carbocycles. The number of hydrogen-bond acceptors (Lipinski definition) is 0. The van der Waals surface area contributed by atoms with Crippen LogP contribution >= 0.6 is 0 Å². The molecule has 11 rings (SSSR count). The summed E-state index contributed by atoms with van der Waals surface area (Å²) in [5, 5.41) is 18.4. The third kappa shape index (κ3) is 3.23. The van der Waals surface area contributed by atoms with Crippen molar-refractivity contribution in [2.75, 3.05) is 0 Å². The Morgan fingerprint density at radius 1 is 0.340 bits per heavy atom. The molecule has 0 saturated carbocycles. The van der Waals surface area contributed by atoms with E-state index in [9.17, 15) is 0 Å². The summed E-state index contributed by atoms with van der Waals surface area (Å²) in [5.74, 6) is 0. The Morgan fingerprint density at radius 2 is 0.851 bits per heavy atom. The molecule has 0 N–H and O–H groups in total. The average Bonchev–Trinajstić information content (AvgIpc) is 3.33. The standard InChI is InChI=1S/C47H30/c1-47(2)40-18-8-14-34(46(40)39-24-30-9-3-4-10-31(30)26-41(39)47)33-23-32-22-21-29-12-6-16-36-35-15-5-11-27-19-20-28-13-7-17-37(44(28)42(27)35)38(25-33)45(32)43(29)36/h3-26H,1-2H3. The van der Waals surface area contributed by atoms with Crippen LogP contribution in [-0.4, -0.2) is 0 Å². The molecule has 47 heavy (non-hydrogen) atoms. The summed E-state index contributed by atoms with van der Waals surface area (Å²) in [5.41, 5.74) is 8.07. The fraction of sp³-hybridized carbons (Fsp3) is 0.0638. The largest absolute Gasteiger partial charge is 0.0616 e. The summed E-state index contributed by atoms with van der Waals surface area (Å²) in [4.78, 5) is 0. The molecule has 10 aromatic carbocycles. The Labute approximate surface area is 272 Å². The highest BCUT2D eigenvalue weighted by molar-refractivity contribution is 6.37. The van der Waals surface area contributed by atoms with E-state index in [1.165, 1.54) is 109 Å². The Balaban J connectivity index is 1.34. The molecule has 0 aromatic heterocycles. The van der Waals surface area contributed by atoms with Crippen LogP contribution in [0.4, 0.5) is 0 Å². The predicted octanol–water partition coefficient (Wildman–Crippen LogP) is 13.2. The van der Waals surface area contributed by atoms with Crippen molar-refractivity contribution in [1.29, 1.82) is 0 Å². The normalized spacial score (nSPS) is 13.9. The molecule has 0 amide bonds. The van der Waals surface area contributed by atoms with Crippen molar-refractivity contribution >= 4 is 75.4 Å². The van der Waals surface area contributed by atoms with Crippen LogP contribution in [0, 0.1) is 0 Å². The summed E-state index contributed by atoms with van der Waals surface area (Å²) in [7, 11) is 0. The fourth-order valence-electron chi connectivity index (χ4n) is 9.15. The van der Waals surface area contributed by atoms with Crippen molar-refractivity contribution in [3.05, 3.63) is 157 Å². The number of hydrogen-bond donors (Lipinski definition) is 0. The molecule has 0 nitrogen and oxygen atoms in total. The van der Waals surface area contributed by atoms with E-state index in [1.54, 1.807) is 0 Å². The Hall–Kier alpha value is -5.72.